The van der Waals surface area contributed by atoms with Crippen molar-refractivity contribution in [2.24, 2.45) is 0 Å². The zero-order chi connectivity index (χ0) is 11.6. The smallest absolute Gasteiger partial charge is 0.258 e. The molecule has 1 aromatic rings. The molecule has 0 spiro atoms. The van der Waals surface area contributed by atoms with Crippen molar-refractivity contribution in [1.29, 1.82) is 0 Å². The Morgan fingerprint density at radius 1 is 1.31 bits per heavy atom. The van der Waals surface area contributed by atoms with Crippen molar-refractivity contribution in [2.45, 2.75) is 25.4 Å². The van der Waals surface area contributed by atoms with Crippen LogP contribution in [0.3, 0.4) is 0 Å². The monoisotopic (exact) mass is 219 g/mol. The van der Waals surface area contributed by atoms with Gasteiger partial charge in [-0.25, -0.2) is 0 Å². The Balaban J connectivity index is 2.27. The van der Waals surface area contributed by atoms with Crippen LogP contribution < -0.4 is 4.90 Å². The summed E-state index contributed by atoms with van der Waals surface area (Å²) in [5.74, 6) is 0.0625. The van der Waals surface area contributed by atoms with Gasteiger partial charge in [0.25, 0.3) is 5.91 Å². The second-order valence-electron chi connectivity index (χ2n) is 4.33. The first-order valence-corrected chi connectivity index (χ1v) is 5.59. The first kappa shape index (κ1) is 11.1. The van der Waals surface area contributed by atoms with E-state index in [-0.39, 0.29) is 5.91 Å². The van der Waals surface area contributed by atoms with Crippen molar-refractivity contribution in [3.63, 3.8) is 0 Å². The SMILES string of the molecule is CO[C@@]1(C)CCCN(c2ccccc2)C1=O. The number of anilines is 1. The van der Waals surface area contributed by atoms with Crippen LogP contribution in [0.15, 0.2) is 30.3 Å². The van der Waals surface area contributed by atoms with Gasteiger partial charge in [0.15, 0.2) is 0 Å². The Bertz CT molecular complexity index is 377. The van der Waals surface area contributed by atoms with E-state index in [1.54, 1.807) is 7.11 Å². The Hall–Kier alpha value is -1.35. The van der Waals surface area contributed by atoms with Gasteiger partial charge in [-0.3, -0.25) is 4.79 Å². The van der Waals surface area contributed by atoms with Crippen LogP contribution in [-0.4, -0.2) is 25.2 Å². The second-order valence-corrected chi connectivity index (χ2v) is 4.33. The molecule has 0 radical (unpaired) electrons. The Kier molecular flexibility index (Phi) is 2.97. The lowest BCUT2D eigenvalue weighted by Gasteiger charge is -2.38. The highest BCUT2D eigenvalue weighted by Crippen LogP contribution is 2.29. The van der Waals surface area contributed by atoms with Gasteiger partial charge in [-0.1, -0.05) is 18.2 Å². The highest BCUT2D eigenvalue weighted by molar-refractivity contribution is 5.99. The fourth-order valence-corrected chi connectivity index (χ4v) is 2.11. The molecule has 16 heavy (non-hydrogen) atoms. The molecule has 86 valence electrons. The molecule has 0 N–H and O–H groups in total. The third-order valence-electron chi connectivity index (χ3n) is 3.25. The maximum atomic E-state index is 12.3. The van der Waals surface area contributed by atoms with Gasteiger partial charge in [-0.2, -0.15) is 0 Å². The summed E-state index contributed by atoms with van der Waals surface area (Å²) in [7, 11) is 1.60. The van der Waals surface area contributed by atoms with E-state index in [4.69, 9.17) is 4.74 Å². The van der Waals surface area contributed by atoms with Gasteiger partial charge in [0.1, 0.15) is 5.60 Å². The number of ether oxygens (including phenoxy) is 1. The summed E-state index contributed by atoms with van der Waals surface area (Å²) >= 11 is 0. The molecule has 1 aliphatic heterocycles. The highest BCUT2D eigenvalue weighted by atomic mass is 16.5. The summed E-state index contributed by atoms with van der Waals surface area (Å²) in [6.07, 6.45) is 1.77. The van der Waals surface area contributed by atoms with E-state index in [1.807, 2.05) is 42.2 Å². The number of methoxy groups -OCH3 is 1. The van der Waals surface area contributed by atoms with Crippen LogP contribution in [0.25, 0.3) is 0 Å². The van der Waals surface area contributed by atoms with E-state index in [0.29, 0.717) is 0 Å². The van der Waals surface area contributed by atoms with Crippen LogP contribution >= 0.6 is 0 Å². The van der Waals surface area contributed by atoms with Gasteiger partial charge in [0.05, 0.1) is 0 Å². The topological polar surface area (TPSA) is 29.5 Å². The van der Waals surface area contributed by atoms with Crippen LogP contribution in [0.4, 0.5) is 5.69 Å². The Morgan fingerprint density at radius 2 is 2.00 bits per heavy atom. The molecule has 1 heterocycles. The largest absolute Gasteiger partial charge is 0.369 e. The minimum atomic E-state index is -0.659. The van der Waals surface area contributed by atoms with Gasteiger partial charge in [0, 0.05) is 19.3 Å². The molecule has 1 aliphatic rings. The fraction of sp³-hybridized carbons (Fsp3) is 0.462. The number of hydrogen-bond acceptors (Lipinski definition) is 2. The molecule has 1 saturated heterocycles. The minimum absolute atomic E-state index is 0.0625. The maximum absolute atomic E-state index is 12.3. The van der Waals surface area contributed by atoms with Crippen molar-refractivity contribution in [3.8, 4) is 0 Å². The molecule has 1 atom stereocenters. The predicted octanol–water partition coefficient (Wildman–Crippen LogP) is 2.22. The number of para-hydroxylation sites is 1. The van der Waals surface area contributed by atoms with E-state index >= 15 is 0 Å². The number of rotatable bonds is 2. The van der Waals surface area contributed by atoms with E-state index in [9.17, 15) is 4.79 Å². The van der Waals surface area contributed by atoms with Crippen LogP contribution in [0.2, 0.25) is 0 Å². The van der Waals surface area contributed by atoms with Gasteiger partial charge in [-0.15, -0.1) is 0 Å². The summed E-state index contributed by atoms with van der Waals surface area (Å²) in [4.78, 5) is 14.1. The van der Waals surface area contributed by atoms with Gasteiger partial charge in [-0.05, 0) is 31.9 Å². The second kappa shape index (κ2) is 4.26. The average Bonchev–Trinajstić information content (AvgIpc) is 2.34. The maximum Gasteiger partial charge on any atom is 0.258 e. The molecule has 1 amide bonds. The Morgan fingerprint density at radius 3 is 2.62 bits per heavy atom. The van der Waals surface area contributed by atoms with E-state index in [2.05, 4.69) is 0 Å². The molecule has 0 aliphatic carbocycles. The molecular weight excluding hydrogens is 202 g/mol. The van der Waals surface area contributed by atoms with Crippen LogP contribution in [0, 0.1) is 0 Å². The molecule has 2 rings (SSSR count). The lowest BCUT2D eigenvalue weighted by Crippen LogP contribution is -2.53. The van der Waals surface area contributed by atoms with Crippen molar-refractivity contribution in [1.82, 2.24) is 0 Å². The predicted molar refractivity (Wildman–Crippen MR) is 63.4 cm³/mol. The number of carbonyl (C=O) groups excluding carboxylic acids is 1. The van der Waals surface area contributed by atoms with E-state index in [1.165, 1.54) is 0 Å². The average molecular weight is 219 g/mol. The normalized spacial score (nSPS) is 25.9. The first-order valence-electron chi connectivity index (χ1n) is 5.59. The molecule has 0 unspecified atom stereocenters. The first-order chi connectivity index (χ1) is 7.67. The third-order valence-corrected chi connectivity index (χ3v) is 3.25. The quantitative estimate of drug-likeness (QED) is 0.763. The van der Waals surface area contributed by atoms with Crippen LogP contribution in [-0.2, 0) is 9.53 Å². The van der Waals surface area contributed by atoms with Gasteiger partial charge >= 0.3 is 0 Å². The highest BCUT2D eigenvalue weighted by Gasteiger charge is 2.40. The third kappa shape index (κ3) is 1.83. The fourth-order valence-electron chi connectivity index (χ4n) is 2.11. The lowest BCUT2D eigenvalue weighted by atomic mass is 9.93. The zero-order valence-electron chi connectivity index (χ0n) is 9.77. The summed E-state index contributed by atoms with van der Waals surface area (Å²) < 4.78 is 5.35. The van der Waals surface area contributed by atoms with Gasteiger partial charge in [0.2, 0.25) is 0 Å². The standard InChI is InChI=1S/C13H17NO2/c1-13(16-2)9-6-10-14(12(13)15)11-7-4-3-5-8-11/h3-5,7-8H,6,9-10H2,1-2H3/t13-/m0/s1. The minimum Gasteiger partial charge on any atom is -0.369 e. The van der Waals surface area contributed by atoms with Crippen LogP contribution in [0.1, 0.15) is 19.8 Å². The van der Waals surface area contributed by atoms with Crippen molar-refractivity contribution in [2.75, 3.05) is 18.6 Å². The van der Waals surface area contributed by atoms with Gasteiger partial charge < -0.3 is 9.64 Å². The van der Waals surface area contributed by atoms with Crippen molar-refractivity contribution in [3.05, 3.63) is 30.3 Å². The van der Waals surface area contributed by atoms with Crippen molar-refractivity contribution >= 4 is 11.6 Å². The summed E-state index contributed by atoms with van der Waals surface area (Å²) in [6, 6.07) is 9.76. The number of nitrogens with zero attached hydrogens (tertiary/aromatic N) is 1. The molecule has 3 nitrogen and oxygen atoms in total. The number of piperidine rings is 1. The summed E-state index contributed by atoms with van der Waals surface area (Å²) in [6.45, 7) is 2.65. The van der Waals surface area contributed by atoms with Crippen LogP contribution in [0.5, 0.6) is 0 Å². The number of carbonyl (C=O) groups is 1. The van der Waals surface area contributed by atoms with E-state index in [0.717, 1.165) is 25.1 Å². The molecule has 3 heteroatoms. The molecule has 1 fully saturated rings. The lowest BCUT2D eigenvalue weighted by molar-refractivity contribution is -0.141. The summed E-state index contributed by atoms with van der Waals surface area (Å²) in [5.41, 5.74) is 0.296. The molecule has 0 aromatic heterocycles. The Labute approximate surface area is 96.0 Å². The molecule has 0 saturated carbocycles. The molecular formula is C13H17NO2. The number of amides is 1. The van der Waals surface area contributed by atoms with Crippen molar-refractivity contribution < 1.29 is 9.53 Å². The molecule has 1 aromatic carbocycles. The number of hydrogen-bond donors (Lipinski definition) is 0. The van der Waals surface area contributed by atoms with E-state index < -0.39 is 5.60 Å². The summed E-state index contributed by atoms with van der Waals surface area (Å²) in [5, 5.41) is 0. The zero-order valence-corrected chi connectivity index (χ0v) is 9.77. The number of benzene rings is 1. The molecule has 0 bridgehead atoms.